The Bertz CT molecular complexity index is 513. The van der Waals surface area contributed by atoms with Gasteiger partial charge in [0.1, 0.15) is 11.9 Å². The quantitative estimate of drug-likeness (QED) is 0.855. The van der Waals surface area contributed by atoms with Gasteiger partial charge in [0.2, 0.25) is 0 Å². The molecule has 102 valence electrons. The van der Waals surface area contributed by atoms with Crippen LogP contribution in [0.5, 0.6) is 0 Å². The van der Waals surface area contributed by atoms with Crippen LogP contribution in [0.25, 0.3) is 0 Å². The van der Waals surface area contributed by atoms with Crippen LogP contribution in [0, 0.1) is 0 Å². The van der Waals surface area contributed by atoms with E-state index in [1.165, 1.54) is 0 Å². The molecule has 1 unspecified atom stereocenters. The number of hydrogen-bond donors (Lipinski definition) is 2. The minimum atomic E-state index is -0.677. The average Bonchev–Trinajstić information content (AvgIpc) is 2.93. The summed E-state index contributed by atoms with van der Waals surface area (Å²) in [4.78, 5) is 0. The maximum atomic E-state index is 9.96. The summed E-state index contributed by atoms with van der Waals surface area (Å²) in [5, 5.41) is 13.2. The van der Waals surface area contributed by atoms with E-state index < -0.39 is 6.10 Å². The Morgan fingerprint density at radius 1 is 1.37 bits per heavy atom. The average molecular weight is 326 g/mol. The number of ether oxygens (including phenoxy) is 1. The highest BCUT2D eigenvalue weighted by Crippen LogP contribution is 2.26. The molecule has 5 heteroatoms. The van der Waals surface area contributed by atoms with Gasteiger partial charge in [-0.1, -0.05) is 22.0 Å². The molecular weight excluding hydrogens is 310 g/mol. The lowest BCUT2D eigenvalue weighted by molar-refractivity contribution is 0.162. The Hall–Kier alpha value is -1.30. The first-order valence-corrected chi connectivity index (χ1v) is 6.73. The van der Waals surface area contributed by atoms with E-state index in [4.69, 9.17) is 9.15 Å². The second kappa shape index (κ2) is 6.75. The molecule has 0 aliphatic heterocycles. The third-order valence-corrected chi connectivity index (χ3v) is 3.51. The van der Waals surface area contributed by atoms with Crippen molar-refractivity contribution in [1.29, 1.82) is 0 Å². The molecule has 1 aromatic carbocycles. The van der Waals surface area contributed by atoms with Crippen molar-refractivity contribution >= 4 is 21.6 Å². The molecule has 4 nitrogen and oxygen atoms in total. The number of aliphatic hydroxyl groups excluding tert-OH is 1. The van der Waals surface area contributed by atoms with Crippen LogP contribution in [0.3, 0.4) is 0 Å². The number of halogens is 1. The zero-order valence-electron chi connectivity index (χ0n) is 10.6. The molecule has 2 rings (SSSR count). The molecule has 1 aromatic heterocycles. The normalized spacial score (nSPS) is 12.4. The van der Waals surface area contributed by atoms with E-state index in [9.17, 15) is 5.11 Å². The zero-order valence-corrected chi connectivity index (χ0v) is 12.2. The third kappa shape index (κ3) is 3.59. The second-order valence-corrected chi connectivity index (χ2v) is 4.97. The van der Waals surface area contributed by atoms with Gasteiger partial charge in [-0.15, -0.1) is 0 Å². The van der Waals surface area contributed by atoms with E-state index >= 15 is 0 Å². The summed E-state index contributed by atoms with van der Waals surface area (Å²) in [6, 6.07) is 9.36. The van der Waals surface area contributed by atoms with Crippen LogP contribution in [-0.2, 0) is 11.3 Å². The topological polar surface area (TPSA) is 54.6 Å². The Labute approximate surface area is 120 Å². The lowest BCUT2D eigenvalue weighted by Crippen LogP contribution is -2.13. The van der Waals surface area contributed by atoms with Crippen molar-refractivity contribution in [2.75, 3.05) is 19.0 Å². The fraction of sp³-hybridized carbons (Fsp3) is 0.286. The van der Waals surface area contributed by atoms with Crippen LogP contribution >= 0.6 is 15.9 Å². The van der Waals surface area contributed by atoms with Crippen molar-refractivity contribution in [1.82, 2.24) is 0 Å². The number of aliphatic hydroxyl groups is 1. The number of furan rings is 1. The van der Waals surface area contributed by atoms with Crippen molar-refractivity contribution < 1.29 is 14.3 Å². The first kappa shape index (κ1) is 14.1. The van der Waals surface area contributed by atoms with Crippen molar-refractivity contribution in [3.63, 3.8) is 0 Å². The summed E-state index contributed by atoms with van der Waals surface area (Å²) < 4.78 is 11.3. The Kier molecular flexibility index (Phi) is 5.01. The highest BCUT2D eigenvalue weighted by atomic mass is 79.9. The molecule has 0 aliphatic rings. The lowest BCUT2D eigenvalue weighted by Gasteiger charge is -2.15. The first-order chi connectivity index (χ1) is 9.22. The summed E-state index contributed by atoms with van der Waals surface area (Å²) in [6.07, 6.45) is 0.873. The van der Waals surface area contributed by atoms with Crippen molar-refractivity contribution in [3.8, 4) is 0 Å². The molecule has 0 amide bonds. The Balaban J connectivity index is 2.05. The summed E-state index contributed by atoms with van der Waals surface area (Å²) in [5.41, 5.74) is 1.96. The molecule has 0 saturated heterocycles. The Morgan fingerprint density at radius 3 is 2.89 bits per heavy atom. The van der Waals surface area contributed by atoms with Gasteiger partial charge in [0.05, 0.1) is 12.9 Å². The van der Waals surface area contributed by atoms with Gasteiger partial charge in [0.15, 0.2) is 0 Å². The molecule has 0 spiro atoms. The number of benzene rings is 1. The minimum Gasteiger partial charge on any atom is -0.467 e. The predicted molar refractivity (Wildman–Crippen MR) is 77.0 cm³/mol. The van der Waals surface area contributed by atoms with Gasteiger partial charge in [0, 0.05) is 29.4 Å². The van der Waals surface area contributed by atoms with Gasteiger partial charge in [-0.25, -0.2) is 0 Å². The molecule has 19 heavy (non-hydrogen) atoms. The van der Waals surface area contributed by atoms with Gasteiger partial charge in [0.25, 0.3) is 0 Å². The van der Waals surface area contributed by atoms with E-state index in [-0.39, 0.29) is 0 Å². The van der Waals surface area contributed by atoms with Crippen LogP contribution in [0.4, 0.5) is 5.69 Å². The van der Waals surface area contributed by atoms with Crippen LogP contribution < -0.4 is 5.32 Å². The molecule has 0 radical (unpaired) electrons. The number of methoxy groups -OCH3 is 1. The molecule has 1 atom stereocenters. The SMILES string of the molecule is COCc1c(Br)cccc1NCC(O)c1ccco1. The maximum absolute atomic E-state index is 9.96. The molecule has 0 fully saturated rings. The summed E-state index contributed by atoms with van der Waals surface area (Å²) >= 11 is 3.49. The number of hydrogen-bond acceptors (Lipinski definition) is 4. The smallest absolute Gasteiger partial charge is 0.134 e. The van der Waals surface area contributed by atoms with Crippen LogP contribution in [-0.4, -0.2) is 18.8 Å². The molecular formula is C14H16BrNO3. The molecule has 0 aliphatic carbocycles. The predicted octanol–water partition coefficient (Wildman–Crippen LogP) is 3.33. The zero-order chi connectivity index (χ0) is 13.7. The fourth-order valence-electron chi connectivity index (χ4n) is 1.80. The number of rotatable bonds is 6. The summed E-state index contributed by atoms with van der Waals surface area (Å²) in [6.45, 7) is 0.876. The van der Waals surface area contributed by atoms with Gasteiger partial charge in [-0.05, 0) is 24.3 Å². The summed E-state index contributed by atoms with van der Waals surface area (Å²) in [5.74, 6) is 0.552. The van der Waals surface area contributed by atoms with E-state index in [1.807, 2.05) is 18.2 Å². The highest BCUT2D eigenvalue weighted by Gasteiger charge is 2.12. The van der Waals surface area contributed by atoms with E-state index in [2.05, 4.69) is 21.2 Å². The molecule has 0 saturated carbocycles. The molecule has 2 N–H and O–H groups in total. The second-order valence-electron chi connectivity index (χ2n) is 4.11. The standard InChI is InChI=1S/C14H16BrNO3/c1-18-9-10-11(15)4-2-5-12(10)16-8-13(17)14-6-3-7-19-14/h2-7,13,16-17H,8-9H2,1H3. The van der Waals surface area contributed by atoms with E-state index in [0.717, 1.165) is 15.7 Å². The van der Waals surface area contributed by atoms with Crippen molar-refractivity contribution in [3.05, 3.63) is 52.4 Å². The number of nitrogens with one attached hydrogen (secondary N) is 1. The molecule has 0 bridgehead atoms. The fourth-order valence-corrected chi connectivity index (χ4v) is 2.28. The van der Waals surface area contributed by atoms with Gasteiger partial charge >= 0.3 is 0 Å². The van der Waals surface area contributed by atoms with Crippen LogP contribution in [0.2, 0.25) is 0 Å². The highest BCUT2D eigenvalue weighted by molar-refractivity contribution is 9.10. The first-order valence-electron chi connectivity index (χ1n) is 5.94. The van der Waals surface area contributed by atoms with E-state index in [1.54, 1.807) is 25.5 Å². The minimum absolute atomic E-state index is 0.376. The largest absolute Gasteiger partial charge is 0.467 e. The summed E-state index contributed by atoms with van der Waals surface area (Å²) in [7, 11) is 1.65. The van der Waals surface area contributed by atoms with Crippen molar-refractivity contribution in [2.24, 2.45) is 0 Å². The molecule has 2 aromatic rings. The van der Waals surface area contributed by atoms with Crippen LogP contribution in [0.1, 0.15) is 17.4 Å². The molecule has 1 heterocycles. The van der Waals surface area contributed by atoms with Crippen LogP contribution in [0.15, 0.2) is 45.5 Å². The van der Waals surface area contributed by atoms with Gasteiger partial charge in [-0.3, -0.25) is 0 Å². The monoisotopic (exact) mass is 325 g/mol. The number of anilines is 1. The lowest BCUT2D eigenvalue weighted by atomic mass is 10.1. The third-order valence-electron chi connectivity index (χ3n) is 2.76. The van der Waals surface area contributed by atoms with E-state index in [0.29, 0.717) is 18.9 Å². The van der Waals surface area contributed by atoms with Gasteiger partial charge < -0.3 is 19.6 Å². The maximum Gasteiger partial charge on any atom is 0.134 e. The Morgan fingerprint density at radius 2 is 2.21 bits per heavy atom. The van der Waals surface area contributed by atoms with Gasteiger partial charge in [-0.2, -0.15) is 0 Å². The van der Waals surface area contributed by atoms with Crippen molar-refractivity contribution in [2.45, 2.75) is 12.7 Å².